The molecule has 1 unspecified atom stereocenters. The summed E-state index contributed by atoms with van der Waals surface area (Å²) in [4.78, 5) is 32.9. The van der Waals surface area contributed by atoms with Crippen molar-refractivity contribution >= 4 is 5.91 Å². The van der Waals surface area contributed by atoms with Gasteiger partial charge in [0.2, 0.25) is 0 Å². The number of carbonyl (C=O) groups excluding carboxylic acids is 1. The highest BCUT2D eigenvalue weighted by Crippen LogP contribution is 2.14. The second-order valence-electron chi connectivity index (χ2n) is 6.49. The van der Waals surface area contributed by atoms with Gasteiger partial charge >= 0.3 is 0 Å². The van der Waals surface area contributed by atoms with Crippen molar-refractivity contribution in [2.45, 2.75) is 32.0 Å². The number of hydrogen-bond acceptors (Lipinski definition) is 5. The Labute approximate surface area is 156 Å². The molecule has 1 aromatic heterocycles. The van der Waals surface area contributed by atoms with E-state index in [9.17, 15) is 14.0 Å². The Morgan fingerprint density at radius 3 is 2.81 bits per heavy atom. The maximum atomic E-state index is 12.9. The van der Waals surface area contributed by atoms with Gasteiger partial charge in [-0.05, 0) is 43.5 Å². The van der Waals surface area contributed by atoms with Crippen LogP contribution < -0.4 is 10.3 Å². The van der Waals surface area contributed by atoms with E-state index in [-0.39, 0.29) is 29.9 Å². The summed E-state index contributed by atoms with van der Waals surface area (Å²) >= 11 is 0. The molecule has 144 valence electrons. The van der Waals surface area contributed by atoms with Crippen LogP contribution in [0.5, 0.6) is 5.75 Å². The maximum absolute atomic E-state index is 12.9. The van der Waals surface area contributed by atoms with Crippen LogP contribution in [0, 0.1) is 5.82 Å². The monoisotopic (exact) mass is 375 g/mol. The Morgan fingerprint density at radius 2 is 2.15 bits per heavy atom. The van der Waals surface area contributed by atoms with Crippen LogP contribution in [-0.2, 0) is 11.3 Å². The summed E-state index contributed by atoms with van der Waals surface area (Å²) in [6, 6.07) is 5.51. The fourth-order valence-corrected chi connectivity index (χ4v) is 2.89. The largest absolute Gasteiger partial charge is 0.486 e. The Kier molecular flexibility index (Phi) is 6.18. The number of nitrogens with zero attached hydrogens (tertiary/aromatic N) is 2. The molecule has 1 aromatic carbocycles. The lowest BCUT2D eigenvalue weighted by molar-refractivity contribution is -0.000232. The van der Waals surface area contributed by atoms with Gasteiger partial charge in [-0.1, -0.05) is 0 Å². The van der Waals surface area contributed by atoms with Gasteiger partial charge < -0.3 is 19.4 Å². The normalized spacial score (nSPS) is 16.7. The van der Waals surface area contributed by atoms with Crippen molar-refractivity contribution in [2.75, 3.05) is 20.2 Å². The second kappa shape index (κ2) is 8.77. The third kappa shape index (κ3) is 5.13. The lowest BCUT2D eigenvalue weighted by Gasteiger charge is -2.27. The molecule has 0 bridgehead atoms. The molecule has 2 aromatic rings. The Balaban J connectivity index is 1.60. The molecular formula is C19H22FN3O4. The Bertz CT molecular complexity index is 832. The quantitative estimate of drug-likeness (QED) is 0.836. The van der Waals surface area contributed by atoms with E-state index >= 15 is 0 Å². The van der Waals surface area contributed by atoms with Gasteiger partial charge in [0, 0.05) is 26.4 Å². The van der Waals surface area contributed by atoms with E-state index in [0.717, 1.165) is 19.3 Å². The van der Waals surface area contributed by atoms with Gasteiger partial charge in [0.25, 0.3) is 11.5 Å². The summed E-state index contributed by atoms with van der Waals surface area (Å²) in [6.45, 7) is 1.15. The van der Waals surface area contributed by atoms with E-state index in [1.54, 1.807) is 7.05 Å². The van der Waals surface area contributed by atoms with Crippen molar-refractivity contribution in [3.63, 3.8) is 0 Å². The smallest absolute Gasteiger partial charge is 0.263 e. The van der Waals surface area contributed by atoms with Crippen LogP contribution in [-0.4, -0.2) is 47.1 Å². The Morgan fingerprint density at radius 1 is 1.37 bits per heavy atom. The molecule has 7 nitrogen and oxygen atoms in total. The molecule has 1 amide bonds. The predicted molar refractivity (Wildman–Crippen MR) is 96.1 cm³/mol. The molecule has 1 fully saturated rings. The van der Waals surface area contributed by atoms with Crippen LogP contribution >= 0.6 is 0 Å². The molecule has 1 atom stereocenters. The number of benzene rings is 1. The van der Waals surface area contributed by atoms with Gasteiger partial charge in [0.15, 0.2) is 0 Å². The van der Waals surface area contributed by atoms with Crippen LogP contribution in [0.4, 0.5) is 4.39 Å². The minimum absolute atomic E-state index is 0.00109. The number of ether oxygens (including phenoxy) is 2. The number of nitrogens with one attached hydrogen (secondary N) is 1. The molecule has 1 aliphatic heterocycles. The molecular weight excluding hydrogens is 353 g/mol. The van der Waals surface area contributed by atoms with E-state index < -0.39 is 11.5 Å². The molecule has 0 radical (unpaired) electrons. The van der Waals surface area contributed by atoms with Gasteiger partial charge in [0.1, 0.15) is 29.6 Å². The molecule has 0 aliphatic carbocycles. The van der Waals surface area contributed by atoms with Crippen molar-refractivity contribution in [3.05, 3.63) is 58.0 Å². The first kappa shape index (κ1) is 19.0. The highest BCUT2D eigenvalue weighted by atomic mass is 19.1. The second-order valence-corrected chi connectivity index (χ2v) is 6.49. The van der Waals surface area contributed by atoms with E-state index in [2.05, 4.69) is 9.97 Å². The summed E-state index contributed by atoms with van der Waals surface area (Å²) in [5, 5.41) is 0. The van der Waals surface area contributed by atoms with Crippen molar-refractivity contribution < 1.29 is 18.7 Å². The van der Waals surface area contributed by atoms with Crippen LogP contribution in [0.2, 0.25) is 0 Å². The molecule has 3 rings (SSSR count). The highest BCUT2D eigenvalue weighted by Gasteiger charge is 2.22. The zero-order chi connectivity index (χ0) is 19.2. The highest BCUT2D eigenvalue weighted by molar-refractivity contribution is 5.93. The number of aromatic nitrogens is 2. The summed E-state index contributed by atoms with van der Waals surface area (Å²) in [5.41, 5.74) is -0.553. The lowest BCUT2D eigenvalue weighted by Crippen LogP contribution is -2.39. The lowest BCUT2D eigenvalue weighted by atomic mass is 10.1. The zero-order valence-electron chi connectivity index (χ0n) is 15.1. The number of aromatic amines is 1. The van der Waals surface area contributed by atoms with Crippen molar-refractivity contribution in [1.82, 2.24) is 14.9 Å². The number of rotatable bonds is 6. The number of amides is 1. The molecule has 27 heavy (non-hydrogen) atoms. The van der Waals surface area contributed by atoms with Crippen LogP contribution in [0.25, 0.3) is 0 Å². The topological polar surface area (TPSA) is 84.5 Å². The first-order valence-corrected chi connectivity index (χ1v) is 8.86. The average molecular weight is 375 g/mol. The van der Waals surface area contributed by atoms with Crippen molar-refractivity contribution in [3.8, 4) is 5.75 Å². The first-order valence-electron chi connectivity index (χ1n) is 8.86. The molecule has 1 aliphatic rings. The fraction of sp³-hybridized carbons (Fsp3) is 0.421. The standard InChI is InChI=1S/C19H22FN3O4/c1-23(11-15-4-2-3-9-26-15)19(25)16-10-21-17(22-18(16)24)12-27-14-7-5-13(20)6-8-14/h5-8,10,15H,2-4,9,11-12H2,1H3,(H,21,22,24). The third-order valence-electron chi connectivity index (χ3n) is 4.37. The average Bonchev–Trinajstić information content (AvgIpc) is 2.68. The van der Waals surface area contributed by atoms with Gasteiger partial charge in [-0.15, -0.1) is 0 Å². The van der Waals surface area contributed by atoms with E-state index in [1.165, 1.54) is 35.4 Å². The summed E-state index contributed by atoms with van der Waals surface area (Å²) in [6.07, 6.45) is 4.29. The van der Waals surface area contributed by atoms with Gasteiger partial charge in [-0.3, -0.25) is 9.59 Å². The van der Waals surface area contributed by atoms with Gasteiger partial charge in [-0.2, -0.15) is 0 Å². The molecule has 0 spiro atoms. The number of likely N-dealkylation sites (N-methyl/N-ethyl adjacent to an activating group) is 1. The van der Waals surface area contributed by atoms with Crippen LogP contribution in [0.3, 0.4) is 0 Å². The predicted octanol–water partition coefficient (Wildman–Crippen LogP) is 2.13. The van der Waals surface area contributed by atoms with E-state index in [1.807, 2.05) is 0 Å². The summed E-state index contributed by atoms with van der Waals surface area (Å²) in [5.74, 6) is -0.0334. The number of H-pyrrole nitrogens is 1. The van der Waals surface area contributed by atoms with Crippen molar-refractivity contribution in [2.24, 2.45) is 0 Å². The van der Waals surface area contributed by atoms with E-state index in [4.69, 9.17) is 9.47 Å². The zero-order valence-corrected chi connectivity index (χ0v) is 15.1. The van der Waals surface area contributed by atoms with E-state index in [0.29, 0.717) is 18.9 Å². The van der Waals surface area contributed by atoms with Gasteiger partial charge in [0.05, 0.1) is 6.10 Å². The summed E-state index contributed by atoms with van der Waals surface area (Å²) < 4.78 is 23.9. The maximum Gasteiger partial charge on any atom is 0.263 e. The fourth-order valence-electron chi connectivity index (χ4n) is 2.89. The third-order valence-corrected chi connectivity index (χ3v) is 4.37. The van der Waals surface area contributed by atoms with Crippen LogP contribution in [0.1, 0.15) is 35.4 Å². The number of halogens is 1. The SMILES string of the molecule is CN(CC1CCCCO1)C(=O)c1cnc(COc2ccc(F)cc2)[nH]c1=O. The minimum Gasteiger partial charge on any atom is -0.486 e. The molecule has 1 N–H and O–H groups in total. The number of hydrogen-bond donors (Lipinski definition) is 1. The number of carbonyl (C=O) groups is 1. The molecule has 2 heterocycles. The van der Waals surface area contributed by atoms with Crippen LogP contribution in [0.15, 0.2) is 35.3 Å². The molecule has 8 heteroatoms. The molecule has 0 saturated carbocycles. The summed E-state index contributed by atoms with van der Waals surface area (Å²) in [7, 11) is 1.64. The Hall–Kier alpha value is -2.74. The molecule has 1 saturated heterocycles. The van der Waals surface area contributed by atoms with Crippen molar-refractivity contribution in [1.29, 1.82) is 0 Å². The first-order chi connectivity index (χ1) is 13.0. The van der Waals surface area contributed by atoms with Gasteiger partial charge in [-0.25, -0.2) is 9.37 Å². The minimum atomic E-state index is -0.524.